The number of methoxy groups -OCH3 is 1. The normalized spacial score (nSPS) is 15.0. The molecule has 4 rings (SSSR count). The van der Waals surface area contributed by atoms with Crippen LogP contribution in [0.2, 0.25) is 0 Å². The summed E-state index contributed by atoms with van der Waals surface area (Å²) in [6, 6.07) is 13.6. The number of carbonyl (C=O) groups is 3. The van der Waals surface area contributed by atoms with Gasteiger partial charge in [0.15, 0.2) is 6.61 Å². The molecular weight excluding hydrogens is 613 g/mol. The van der Waals surface area contributed by atoms with E-state index >= 15 is 0 Å². The lowest BCUT2D eigenvalue weighted by molar-refractivity contribution is -0.192. The highest BCUT2D eigenvalue weighted by Gasteiger charge is 2.38. The molecule has 1 heterocycles. The number of carboxylic acid groups (broad SMARTS) is 2. The van der Waals surface area contributed by atoms with Gasteiger partial charge in [0.25, 0.3) is 0 Å². The van der Waals surface area contributed by atoms with Gasteiger partial charge in [0, 0.05) is 24.2 Å². The maximum absolute atomic E-state index is 13.1. The number of ether oxygens (including phenoxy) is 2. The molecule has 13 nitrogen and oxygen atoms in total. The molecule has 0 aliphatic carbocycles. The molecule has 17 heteroatoms. The van der Waals surface area contributed by atoms with Crippen molar-refractivity contribution >= 4 is 44.5 Å². The van der Waals surface area contributed by atoms with E-state index in [1.807, 2.05) is 6.07 Å². The number of fused-ring (bicyclic) bond motifs is 1. The minimum Gasteiger partial charge on any atom is -0.497 e. The molecule has 0 spiro atoms. The van der Waals surface area contributed by atoms with Crippen LogP contribution in [-0.2, 0) is 31.0 Å². The number of rotatable bonds is 10. The Morgan fingerprint density at radius 3 is 2.34 bits per heavy atom. The number of benzene rings is 3. The van der Waals surface area contributed by atoms with E-state index in [1.54, 1.807) is 24.3 Å². The van der Waals surface area contributed by atoms with Gasteiger partial charge in [0.2, 0.25) is 15.9 Å². The van der Waals surface area contributed by atoms with Crippen LogP contribution in [0.3, 0.4) is 0 Å². The summed E-state index contributed by atoms with van der Waals surface area (Å²) in [5, 5.41) is 25.3. The highest BCUT2D eigenvalue weighted by atomic mass is 32.2. The number of alkyl halides is 3. The van der Waals surface area contributed by atoms with Crippen LogP contribution in [-0.4, -0.2) is 79.7 Å². The number of nitrogens with zero attached hydrogens (tertiary/aromatic N) is 1. The second-order valence-corrected chi connectivity index (χ2v) is 11.0. The number of hydrogen-bond donors (Lipinski definition) is 5. The molecule has 44 heavy (non-hydrogen) atoms. The summed E-state index contributed by atoms with van der Waals surface area (Å²) in [6.07, 6.45) is -4.84. The van der Waals surface area contributed by atoms with Gasteiger partial charge in [0.05, 0.1) is 12.0 Å². The number of nitrogen functional groups attached to an aromatic ring is 1. The molecule has 1 unspecified atom stereocenters. The standard InChI is InChI=1S/C25H26N4O7S.C2HF3O2/c1-35-19-5-2-15-3-6-20(12-17(15)11-19)37(33,34)28-21-8-9-29(25(21)32)13-18-10-16(24(26)27)4-7-22(18)36-14-23(30)31;3-2(4,5)1(6)7/h2-7,10-12,21,28H,8-9,13-14H2,1H3,(H3,26,27)(H,30,31);(H,6,7). The predicted octanol–water partition coefficient (Wildman–Crippen LogP) is 2.31. The lowest BCUT2D eigenvalue weighted by Gasteiger charge is -2.20. The average Bonchev–Trinajstić information content (AvgIpc) is 3.28. The van der Waals surface area contributed by atoms with Gasteiger partial charge in [-0.2, -0.15) is 17.9 Å². The largest absolute Gasteiger partial charge is 0.497 e. The topological polar surface area (TPSA) is 209 Å². The predicted molar refractivity (Wildman–Crippen MR) is 149 cm³/mol. The van der Waals surface area contributed by atoms with Crippen LogP contribution in [0.25, 0.3) is 10.8 Å². The number of nitrogens with one attached hydrogen (secondary N) is 2. The number of sulfonamides is 1. The van der Waals surface area contributed by atoms with Crippen molar-refractivity contribution in [3.8, 4) is 11.5 Å². The minimum absolute atomic E-state index is 0.0259. The van der Waals surface area contributed by atoms with Crippen molar-refractivity contribution in [2.24, 2.45) is 5.73 Å². The Hall–Kier alpha value is -4.90. The smallest absolute Gasteiger partial charge is 0.490 e. The van der Waals surface area contributed by atoms with Crippen LogP contribution in [0.1, 0.15) is 17.5 Å². The van der Waals surface area contributed by atoms with Crippen molar-refractivity contribution in [3.05, 3.63) is 65.7 Å². The third-order valence-electron chi connectivity index (χ3n) is 6.25. The van der Waals surface area contributed by atoms with Gasteiger partial charge >= 0.3 is 18.1 Å². The van der Waals surface area contributed by atoms with Gasteiger partial charge in [-0.15, -0.1) is 0 Å². The maximum atomic E-state index is 13.1. The lowest BCUT2D eigenvalue weighted by atomic mass is 10.1. The number of aliphatic carboxylic acids is 2. The summed E-state index contributed by atoms with van der Waals surface area (Å²) in [5.74, 6) is -3.72. The Kier molecular flexibility index (Phi) is 10.4. The fourth-order valence-corrected chi connectivity index (χ4v) is 5.37. The van der Waals surface area contributed by atoms with Gasteiger partial charge in [-0.1, -0.05) is 12.1 Å². The average molecular weight is 641 g/mol. The van der Waals surface area contributed by atoms with E-state index in [-0.39, 0.29) is 36.0 Å². The second-order valence-electron chi connectivity index (χ2n) is 9.32. The fraction of sp³-hybridized carbons (Fsp3) is 0.259. The number of hydrogen-bond acceptors (Lipinski definition) is 8. The quantitative estimate of drug-likeness (QED) is 0.161. The van der Waals surface area contributed by atoms with Crippen LogP contribution in [0.5, 0.6) is 11.5 Å². The molecule has 1 aliphatic heterocycles. The first-order valence-electron chi connectivity index (χ1n) is 12.5. The van der Waals surface area contributed by atoms with Gasteiger partial charge < -0.3 is 30.3 Å². The van der Waals surface area contributed by atoms with Crippen LogP contribution in [0, 0.1) is 5.41 Å². The maximum Gasteiger partial charge on any atom is 0.490 e. The zero-order chi connectivity index (χ0) is 32.8. The number of carbonyl (C=O) groups excluding carboxylic acids is 1. The van der Waals surface area contributed by atoms with Crippen molar-refractivity contribution in [2.45, 2.75) is 30.1 Å². The molecule has 1 fully saturated rings. The first-order chi connectivity index (χ1) is 20.5. The molecule has 0 radical (unpaired) electrons. The molecule has 3 aromatic rings. The summed E-state index contributed by atoms with van der Waals surface area (Å²) in [6.45, 7) is -0.285. The van der Waals surface area contributed by atoms with Gasteiger partial charge in [-0.05, 0) is 59.7 Å². The second kappa shape index (κ2) is 13.6. The van der Waals surface area contributed by atoms with Crippen molar-refractivity contribution in [1.29, 1.82) is 5.41 Å². The van der Waals surface area contributed by atoms with E-state index in [0.29, 0.717) is 22.3 Å². The number of carboxylic acids is 2. The molecule has 0 aromatic heterocycles. The number of halogens is 3. The van der Waals surface area contributed by atoms with E-state index in [4.69, 9.17) is 35.6 Å². The Balaban J connectivity index is 0.000000676. The van der Waals surface area contributed by atoms with Crippen molar-refractivity contribution in [2.75, 3.05) is 20.3 Å². The van der Waals surface area contributed by atoms with Crippen LogP contribution in [0.4, 0.5) is 13.2 Å². The summed E-state index contributed by atoms with van der Waals surface area (Å²) in [7, 11) is -2.47. The summed E-state index contributed by atoms with van der Waals surface area (Å²) >= 11 is 0. The third kappa shape index (κ3) is 8.57. The highest BCUT2D eigenvalue weighted by molar-refractivity contribution is 7.89. The van der Waals surface area contributed by atoms with Crippen LogP contribution >= 0.6 is 0 Å². The van der Waals surface area contributed by atoms with E-state index in [2.05, 4.69) is 4.72 Å². The summed E-state index contributed by atoms with van der Waals surface area (Å²) < 4.78 is 71.0. The lowest BCUT2D eigenvalue weighted by Crippen LogP contribution is -2.41. The monoisotopic (exact) mass is 640 g/mol. The molecule has 1 atom stereocenters. The van der Waals surface area contributed by atoms with Gasteiger partial charge in [-0.25, -0.2) is 18.0 Å². The van der Waals surface area contributed by atoms with Crippen molar-refractivity contribution in [3.63, 3.8) is 0 Å². The number of amidine groups is 1. The van der Waals surface area contributed by atoms with E-state index < -0.39 is 46.7 Å². The Bertz CT molecular complexity index is 1700. The Labute approximate surface area is 248 Å². The molecule has 1 amide bonds. The minimum atomic E-state index is -5.08. The zero-order valence-corrected chi connectivity index (χ0v) is 23.7. The SMILES string of the molecule is COc1ccc2ccc(S(=O)(=O)NC3CCN(Cc4cc(C(=N)N)ccc4OCC(=O)O)C3=O)cc2c1.O=C(O)C(F)(F)F. The van der Waals surface area contributed by atoms with Gasteiger partial charge in [0.1, 0.15) is 23.4 Å². The molecule has 0 bridgehead atoms. The summed E-state index contributed by atoms with van der Waals surface area (Å²) in [5.41, 5.74) is 6.41. The molecule has 0 saturated carbocycles. The highest BCUT2D eigenvalue weighted by Crippen LogP contribution is 2.27. The Morgan fingerprint density at radius 1 is 1.09 bits per heavy atom. The van der Waals surface area contributed by atoms with Crippen LogP contribution in [0.15, 0.2) is 59.5 Å². The molecule has 1 saturated heterocycles. The molecule has 6 N–H and O–H groups in total. The van der Waals surface area contributed by atoms with Crippen molar-refractivity contribution in [1.82, 2.24) is 9.62 Å². The first kappa shape index (κ1) is 33.6. The van der Waals surface area contributed by atoms with Crippen molar-refractivity contribution < 1.29 is 55.7 Å². The van der Waals surface area contributed by atoms with E-state index in [1.165, 1.54) is 36.3 Å². The number of nitrogens with two attached hydrogens (primary N) is 1. The van der Waals surface area contributed by atoms with E-state index in [9.17, 15) is 31.2 Å². The molecule has 1 aliphatic rings. The Morgan fingerprint density at radius 2 is 1.75 bits per heavy atom. The fourth-order valence-electron chi connectivity index (χ4n) is 4.11. The molecule has 3 aromatic carbocycles. The molecule has 236 valence electrons. The van der Waals surface area contributed by atoms with Crippen LogP contribution < -0.4 is 19.9 Å². The van der Waals surface area contributed by atoms with E-state index in [0.717, 1.165) is 5.39 Å². The number of amides is 1. The third-order valence-corrected chi connectivity index (χ3v) is 7.72. The summed E-state index contributed by atoms with van der Waals surface area (Å²) in [4.78, 5) is 34.4. The first-order valence-corrected chi connectivity index (χ1v) is 14.0. The zero-order valence-electron chi connectivity index (χ0n) is 22.9. The number of likely N-dealkylation sites (tertiary alicyclic amines) is 1. The molecular formula is C27H27F3N4O9S. The van der Waals surface area contributed by atoms with Gasteiger partial charge in [-0.3, -0.25) is 10.2 Å².